The van der Waals surface area contributed by atoms with Gasteiger partial charge in [-0.3, -0.25) is 9.59 Å². The molecule has 0 spiro atoms. The topological polar surface area (TPSA) is 37.4 Å². The zero-order valence-corrected chi connectivity index (χ0v) is 29.3. The van der Waals surface area contributed by atoms with E-state index in [-0.39, 0.29) is 27.9 Å². The van der Waals surface area contributed by atoms with Gasteiger partial charge in [-0.2, -0.15) is 13.2 Å². The average Bonchev–Trinajstić information content (AvgIpc) is 3.39. The molecule has 8 aromatic carbocycles. The van der Waals surface area contributed by atoms with E-state index in [1.54, 1.807) is 66.7 Å². The van der Waals surface area contributed by atoms with Gasteiger partial charge in [0.2, 0.25) is 0 Å². The van der Waals surface area contributed by atoms with Crippen LogP contribution in [0.1, 0.15) is 56.8 Å². The number of nitrogens with zero attached hydrogens (tertiary/aromatic N) is 1. The van der Waals surface area contributed by atoms with Gasteiger partial charge in [-0.1, -0.05) is 123 Å². The zero-order chi connectivity index (χ0) is 37.1. The van der Waals surface area contributed by atoms with Crippen LogP contribution >= 0.6 is 0 Å². The molecule has 6 heteroatoms. The summed E-state index contributed by atoms with van der Waals surface area (Å²) in [4.78, 5) is 29.3. The third-order valence-corrected chi connectivity index (χ3v) is 11.3. The number of para-hydroxylation sites is 1. The fourth-order valence-electron chi connectivity index (χ4n) is 8.93. The summed E-state index contributed by atoms with van der Waals surface area (Å²) in [5.41, 5.74) is 5.08. The van der Waals surface area contributed by atoms with Gasteiger partial charge in [-0.25, -0.2) is 0 Å². The molecule has 3 nitrogen and oxygen atoms in total. The third kappa shape index (κ3) is 4.49. The second-order valence-corrected chi connectivity index (χ2v) is 14.7. The minimum atomic E-state index is -4.56. The molecule has 0 atom stereocenters. The number of anilines is 3. The lowest BCUT2D eigenvalue weighted by atomic mass is 9.71. The largest absolute Gasteiger partial charge is 0.417 e. The highest BCUT2D eigenvalue weighted by Gasteiger charge is 2.41. The fourth-order valence-corrected chi connectivity index (χ4v) is 8.93. The molecule has 0 unspecified atom stereocenters. The molecule has 1 heterocycles. The number of benzene rings is 8. The van der Waals surface area contributed by atoms with Crippen molar-refractivity contribution >= 4 is 77.8 Å². The Morgan fingerprint density at radius 3 is 1.72 bits per heavy atom. The molecule has 1 aliphatic heterocycles. The van der Waals surface area contributed by atoms with Gasteiger partial charge < -0.3 is 4.90 Å². The number of hydrogen-bond acceptors (Lipinski definition) is 3. The van der Waals surface area contributed by atoms with E-state index in [2.05, 4.69) is 24.8 Å². The molecule has 54 heavy (non-hydrogen) atoms. The van der Waals surface area contributed by atoms with Gasteiger partial charge in [0.05, 0.1) is 28.2 Å². The van der Waals surface area contributed by atoms with Gasteiger partial charge in [0, 0.05) is 27.3 Å². The number of alkyl halides is 3. The maximum Gasteiger partial charge on any atom is 0.417 e. The summed E-state index contributed by atoms with van der Waals surface area (Å²) in [5, 5.41) is 5.00. The van der Waals surface area contributed by atoms with Crippen LogP contribution in [0.2, 0.25) is 0 Å². The van der Waals surface area contributed by atoms with E-state index in [0.717, 1.165) is 49.6 Å². The molecule has 0 saturated carbocycles. The van der Waals surface area contributed by atoms with Gasteiger partial charge in [0.25, 0.3) is 0 Å². The second-order valence-electron chi connectivity index (χ2n) is 14.7. The van der Waals surface area contributed by atoms with Gasteiger partial charge >= 0.3 is 6.18 Å². The number of carbonyl (C=O) groups excluding carboxylic acids is 2. The Kier molecular flexibility index (Phi) is 6.69. The molecular formula is C48H30F3NO2. The van der Waals surface area contributed by atoms with Crippen LogP contribution in [0.4, 0.5) is 30.2 Å². The fraction of sp³-hybridized carbons (Fsp3) is 0.0833. The number of rotatable bonds is 2. The lowest BCUT2D eigenvalue weighted by Gasteiger charge is -2.43. The van der Waals surface area contributed by atoms with Gasteiger partial charge in [0.1, 0.15) is 0 Å². The van der Waals surface area contributed by atoms with Crippen molar-refractivity contribution in [3.63, 3.8) is 0 Å². The summed E-state index contributed by atoms with van der Waals surface area (Å²) < 4.78 is 44.6. The first-order valence-corrected chi connectivity index (χ1v) is 17.8. The quantitative estimate of drug-likeness (QED) is 0.102. The van der Waals surface area contributed by atoms with Crippen LogP contribution in [0.5, 0.6) is 0 Å². The first kappa shape index (κ1) is 32.1. The number of Topliss-reactive ketones (excluding diaryl/α,β-unsaturated/α-hetero) is 2. The Balaban J connectivity index is 1.19. The SMILES string of the molecule is CC1(C)c2ccccc2N(c2c3ccccc3c(C(F)(F)F)c3ccccc23)c2ccc3cc(C=C4C(=O)c5cc6ccccc6cc5C4=O)ccc3c21. The molecule has 0 fully saturated rings. The standard InChI is InChI=1S/C48H30F3NO2/c1-47(2)39-17-9-10-18-40(39)52(44-34-15-7-5-13-32(34)42(48(49,50)51)33-14-6-8-16-35(33)44)41-22-20-30-23-27(19-21-31(30)43(41)47)24-38-45(53)36-25-28-11-3-4-12-29(28)26-37(36)46(38)54/h3-26H,1-2H3. The van der Waals surface area contributed by atoms with Crippen molar-refractivity contribution in [3.05, 3.63) is 178 Å². The monoisotopic (exact) mass is 709 g/mol. The Morgan fingerprint density at radius 1 is 0.556 bits per heavy atom. The van der Waals surface area contributed by atoms with Crippen LogP contribution in [0.3, 0.4) is 0 Å². The van der Waals surface area contributed by atoms with Gasteiger partial charge in [-0.15, -0.1) is 0 Å². The summed E-state index contributed by atoms with van der Waals surface area (Å²) in [6, 6.07) is 43.0. The number of carbonyl (C=O) groups is 2. The van der Waals surface area contributed by atoms with Crippen molar-refractivity contribution < 1.29 is 22.8 Å². The van der Waals surface area contributed by atoms with E-state index < -0.39 is 17.2 Å². The molecule has 0 N–H and O–H groups in total. The number of ketones is 2. The average molecular weight is 710 g/mol. The maximum absolute atomic E-state index is 14.9. The number of hydrogen-bond donors (Lipinski definition) is 0. The molecule has 0 amide bonds. The first-order chi connectivity index (χ1) is 26.0. The summed E-state index contributed by atoms with van der Waals surface area (Å²) in [7, 11) is 0. The summed E-state index contributed by atoms with van der Waals surface area (Å²) in [6.07, 6.45) is -2.88. The zero-order valence-electron chi connectivity index (χ0n) is 29.3. The van der Waals surface area contributed by atoms with E-state index >= 15 is 0 Å². The van der Waals surface area contributed by atoms with Crippen molar-refractivity contribution in [1.82, 2.24) is 0 Å². The molecule has 0 bridgehead atoms. The van der Waals surface area contributed by atoms with Crippen LogP contribution in [0.25, 0.3) is 49.2 Å². The molecule has 2 aliphatic rings. The molecule has 0 aromatic heterocycles. The predicted octanol–water partition coefficient (Wildman–Crippen LogP) is 12.9. The van der Waals surface area contributed by atoms with Gasteiger partial charge in [-0.05, 0) is 85.4 Å². The van der Waals surface area contributed by atoms with E-state index in [1.165, 1.54) is 0 Å². The Labute approximate surface area is 308 Å². The minimum Gasteiger partial charge on any atom is -0.309 e. The van der Waals surface area contributed by atoms with Crippen LogP contribution in [0.15, 0.2) is 145 Å². The minimum absolute atomic E-state index is 0.138. The lowest BCUT2D eigenvalue weighted by Crippen LogP contribution is -2.31. The van der Waals surface area contributed by atoms with Gasteiger partial charge in [0.15, 0.2) is 11.6 Å². The molecule has 260 valence electrons. The predicted molar refractivity (Wildman–Crippen MR) is 211 cm³/mol. The van der Waals surface area contributed by atoms with E-state index in [9.17, 15) is 22.8 Å². The molecule has 8 aromatic rings. The van der Waals surface area contributed by atoms with Crippen molar-refractivity contribution in [2.24, 2.45) is 0 Å². The van der Waals surface area contributed by atoms with E-state index in [1.807, 2.05) is 72.8 Å². The highest BCUT2D eigenvalue weighted by molar-refractivity contribution is 6.42. The molecule has 0 radical (unpaired) electrons. The van der Waals surface area contributed by atoms with E-state index in [4.69, 9.17) is 0 Å². The molecule has 10 rings (SSSR count). The first-order valence-electron chi connectivity index (χ1n) is 17.8. The Hall–Kier alpha value is -6.53. The summed E-state index contributed by atoms with van der Waals surface area (Å²) in [5.74, 6) is -0.564. The van der Waals surface area contributed by atoms with Crippen LogP contribution in [0, 0.1) is 0 Å². The van der Waals surface area contributed by atoms with Crippen molar-refractivity contribution in [3.8, 4) is 0 Å². The normalized spacial score (nSPS) is 14.9. The molecule has 0 saturated heterocycles. The highest BCUT2D eigenvalue weighted by Crippen LogP contribution is 2.57. The smallest absolute Gasteiger partial charge is 0.309 e. The summed E-state index contributed by atoms with van der Waals surface area (Å²) >= 11 is 0. The number of fused-ring (bicyclic) bond motifs is 8. The molecule has 1 aliphatic carbocycles. The molecular weight excluding hydrogens is 680 g/mol. The second kappa shape index (κ2) is 11.2. The third-order valence-electron chi connectivity index (χ3n) is 11.3. The highest BCUT2D eigenvalue weighted by atomic mass is 19.4. The number of halogens is 3. The Bertz CT molecular complexity index is 2890. The maximum atomic E-state index is 14.9. The van der Waals surface area contributed by atoms with Crippen molar-refractivity contribution in [2.45, 2.75) is 25.4 Å². The summed E-state index contributed by atoms with van der Waals surface area (Å²) in [6.45, 7) is 4.36. The van der Waals surface area contributed by atoms with Crippen LogP contribution in [-0.4, -0.2) is 11.6 Å². The lowest BCUT2D eigenvalue weighted by molar-refractivity contribution is -0.135. The van der Waals surface area contributed by atoms with E-state index in [0.29, 0.717) is 27.6 Å². The Morgan fingerprint density at radius 2 is 1.11 bits per heavy atom. The van der Waals surface area contributed by atoms with Crippen molar-refractivity contribution in [1.29, 1.82) is 0 Å². The van der Waals surface area contributed by atoms with Crippen LogP contribution in [-0.2, 0) is 11.6 Å². The van der Waals surface area contributed by atoms with Crippen LogP contribution < -0.4 is 4.90 Å². The number of allylic oxidation sites excluding steroid dienone is 1. The van der Waals surface area contributed by atoms with Crippen molar-refractivity contribution in [2.75, 3.05) is 4.90 Å².